The van der Waals surface area contributed by atoms with Crippen molar-refractivity contribution in [2.24, 2.45) is 11.7 Å². The first kappa shape index (κ1) is 15.9. The number of sulfonamides is 1. The molecule has 1 fully saturated rings. The third-order valence-electron chi connectivity index (χ3n) is 3.42. The van der Waals surface area contributed by atoms with E-state index in [1.54, 1.807) is 0 Å². The number of thiocarbonyl (C=S) groups is 1. The molecule has 0 aromatic rings. The van der Waals surface area contributed by atoms with Gasteiger partial charge < -0.3 is 5.73 Å². The van der Waals surface area contributed by atoms with Gasteiger partial charge in [0.15, 0.2) is 0 Å². The van der Waals surface area contributed by atoms with Gasteiger partial charge in [0.05, 0.1) is 16.8 Å². The molecule has 0 bridgehead atoms. The molecule has 1 rings (SSSR count). The van der Waals surface area contributed by atoms with Crippen molar-refractivity contribution in [3.05, 3.63) is 0 Å². The predicted molar refractivity (Wildman–Crippen MR) is 79.0 cm³/mol. The Labute approximate surface area is 116 Å². The van der Waals surface area contributed by atoms with Crippen LogP contribution in [0.15, 0.2) is 0 Å². The van der Waals surface area contributed by atoms with Crippen LogP contribution in [0.2, 0.25) is 0 Å². The van der Waals surface area contributed by atoms with E-state index >= 15 is 0 Å². The quantitative estimate of drug-likeness (QED) is 0.703. The van der Waals surface area contributed by atoms with Gasteiger partial charge in [0.1, 0.15) is 0 Å². The Balaban J connectivity index is 2.53. The molecule has 0 aliphatic heterocycles. The van der Waals surface area contributed by atoms with Crippen molar-refractivity contribution in [1.29, 1.82) is 0 Å². The summed E-state index contributed by atoms with van der Waals surface area (Å²) in [4.78, 5) is 0.240. The summed E-state index contributed by atoms with van der Waals surface area (Å²) in [5.41, 5.74) is 5.57. The second-order valence-electron chi connectivity index (χ2n) is 5.15. The molecular formula is C12H24N2O2S2. The fourth-order valence-corrected chi connectivity index (χ4v) is 4.46. The molecule has 1 unspecified atom stereocenters. The smallest absolute Gasteiger partial charge is 0.212 e. The van der Waals surface area contributed by atoms with Crippen LogP contribution in [0.5, 0.6) is 0 Å². The van der Waals surface area contributed by atoms with Gasteiger partial charge in [-0.05, 0) is 25.2 Å². The first-order valence-electron chi connectivity index (χ1n) is 6.74. The van der Waals surface area contributed by atoms with E-state index in [0.717, 1.165) is 32.1 Å². The highest BCUT2D eigenvalue weighted by Crippen LogP contribution is 2.24. The van der Waals surface area contributed by atoms with Gasteiger partial charge in [0, 0.05) is 0 Å². The largest absolute Gasteiger partial charge is 0.392 e. The molecule has 18 heavy (non-hydrogen) atoms. The summed E-state index contributed by atoms with van der Waals surface area (Å²) >= 11 is 4.91. The van der Waals surface area contributed by atoms with Gasteiger partial charge in [-0.3, -0.25) is 0 Å². The highest BCUT2D eigenvalue weighted by atomic mass is 32.2. The van der Waals surface area contributed by atoms with Gasteiger partial charge in [-0.2, -0.15) is 0 Å². The molecule has 0 radical (unpaired) electrons. The Morgan fingerprint density at radius 2 is 2.00 bits per heavy atom. The predicted octanol–water partition coefficient (Wildman–Crippen LogP) is 1.94. The molecule has 106 valence electrons. The monoisotopic (exact) mass is 292 g/mol. The maximum absolute atomic E-state index is 12.1. The van der Waals surface area contributed by atoms with E-state index in [0.29, 0.717) is 12.3 Å². The van der Waals surface area contributed by atoms with Crippen LogP contribution in [0.3, 0.4) is 0 Å². The summed E-state index contributed by atoms with van der Waals surface area (Å²) in [6.45, 7) is 1.99. The van der Waals surface area contributed by atoms with E-state index < -0.39 is 16.1 Å². The van der Waals surface area contributed by atoms with Crippen molar-refractivity contribution >= 4 is 27.2 Å². The minimum Gasteiger partial charge on any atom is -0.392 e. The van der Waals surface area contributed by atoms with Crippen molar-refractivity contribution in [2.75, 3.05) is 5.75 Å². The zero-order valence-corrected chi connectivity index (χ0v) is 12.7. The van der Waals surface area contributed by atoms with Crippen LogP contribution < -0.4 is 10.5 Å². The van der Waals surface area contributed by atoms with Gasteiger partial charge in [-0.1, -0.05) is 44.8 Å². The van der Waals surface area contributed by atoms with E-state index in [1.165, 1.54) is 6.42 Å². The normalized spacial score (nSPS) is 19.6. The van der Waals surface area contributed by atoms with Crippen LogP contribution in [-0.4, -0.2) is 25.2 Å². The van der Waals surface area contributed by atoms with E-state index in [9.17, 15) is 8.42 Å². The van der Waals surface area contributed by atoms with Gasteiger partial charge >= 0.3 is 0 Å². The SMILES string of the molecule is CCCC(NS(=O)(=O)CC1CCCCC1)C(N)=S. The number of rotatable bonds is 7. The first-order valence-corrected chi connectivity index (χ1v) is 8.80. The lowest BCUT2D eigenvalue weighted by atomic mass is 9.91. The molecule has 1 aliphatic carbocycles. The lowest BCUT2D eigenvalue weighted by Gasteiger charge is -2.23. The van der Waals surface area contributed by atoms with E-state index in [2.05, 4.69) is 4.72 Å². The summed E-state index contributed by atoms with van der Waals surface area (Å²) in [6, 6.07) is -0.390. The van der Waals surface area contributed by atoms with Crippen molar-refractivity contribution in [3.63, 3.8) is 0 Å². The molecule has 0 aromatic heterocycles. The minimum absolute atomic E-state index is 0.218. The Morgan fingerprint density at radius 1 is 1.39 bits per heavy atom. The molecule has 0 heterocycles. The standard InChI is InChI=1S/C12H24N2O2S2/c1-2-6-11(12(13)17)14-18(15,16)9-10-7-4-3-5-8-10/h10-11,14H,2-9H2,1H3,(H2,13,17). The fraction of sp³-hybridized carbons (Fsp3) is 0.917. The van der Waals surface area contributed by atoms with Gasteiger partial charge in [0.2, 0.25) is 10.0 Å². The van der Waals surface area contributed by atoms with E-state index in [1.807, 2.05) is 6.92 Å². The molecule has 0 saturated heterocycles. The summed E-state index contributed by atoms with van der Waals surface area (Å²) in [5, 5.41) is 0. The van der Waals surface area contributed by atoms with Gasteiger partial charge in [-0.25, -0.2) is 13.1 Å². The third kappa shape index (κ3) is 5.63. The number of hydrogen-bond acceptors (Lipinski definition) is 3. The van der Waals surface area contributed by atoms with Crippen LogP contribution in [-0.2, 0) is 10.0 Å². The Morgan fingerprint density at radius 3 is 2.50 bits per heavy atom. The molecule has 1 atom stereocenters. The highest BCUT2D eigenvalue weighted by Gasteiger charge is 2.24. The van der Waals surface area contributed by atoms with Crippen LogP contribution in [0.1, 0.15) is 51.9 Å². The molecule has 0 spiro atoms. The first-order chi connectivity index (χ1) is 8.44. The summed E-state index contributed by atoms with van der Waals surface area (Å²) < 4.78 is 26.8. The topological polar surface area (TPSA) is 72.2 Å². The minimum atomic E-state index is -3.27. The zero-order valence-electron chi connectivity index (χ0n) is 11.0. The Hall–Kier alpha value is -0.200. The summed E-state index contributed by atoms with van der Waals surface area (Å²) in [7, 11) is -3.27. The molecule has 6 heteroatoms. The summed E-state index contributed by atoms with van der Waals surface area (Å²) in [6.07, 6.45) is 7.09. The average Bonchev–Trinajstić information content (AvgIpc) is 2.28. The second-order valence-corrected chi connectivity index (χ2v) is 7.42. The number of hydrogen-bond donors (Lipinski definition) is 2. The van der Waals surface area contributed by atoms with E-state index in [4.69, 9.17) is 18.0 Å². The Kier molecular flexibility index (Phi) is 6.52. The zero-order chi connectivity index (χ0) is 13.6. The molecule has 0 aromatic carbocycles. The summed E-state index contributed by atoms with van der Waals surface area (Å²) in [5.74, 6) is 0.514. The van der Waals surface area contributed by atoms with Gasteiger partial charge in [-0.15, -0.1) is 0 Å². The van der Waals surface area contributed by atoms with Crippen LogP contribution in [0, 0.1) is 5.92 Å². The number of nitrogens with two attached hydrogens (primary N) is 1. The molecule has 3 N–H and O–H groups in total. The average molecular weight is 292 g/mol. The molecule has 4 nitrogen and oxygen atoms in total. The molecule has 0 amide bonds. The van der Waals surface area contributed by atoms with Crippen LogP contribution >= 0.6 is 12.2 Å². The van der Waals surface area contributed by atoms with Crippen molar-refractivity contribution in [1.82, 2.24) is 4.72 Å². The van der Waals surface area contributed by atoms with E-state index in [-0.39, 0.29) is 10.7 Å². The Bertz CT molecular complexity index is 362. The fourth-order valence-electron chi connectivity index (χ4n) is 2.48. The van der Waals surface area contributed by atoms with Crippen LogP contribution in [0.25, 0.3) is 0 Å². The van der Waals surface area contributed by atoms with Crippen molar-refractivity contribution in [2.45, 2.75) is 57.9 Å². The molecule has 1 saturated carbocycles. The van der Waals surface area contributed by atoms with Crippen LogP contribution in [0.4, 0.5) is 0 Å². The van der Waals surface area contributed by atoms with Crippen molar-refractivity contribution in [3.8, 4) is 0 Å². The second kappa shape index (κ2) is 7.40. The lowest BCUT2D eigenvalue weighted by molar-refractivity contribution is 0.383. The number of nitrogens with one attached hydrogen (secondary N) is 1. The van der Waals surface area contributed by atoms with Gasteiger partial charge in [0.25, 0.3) is 0 Å². The van der Waals surface area contributed by atoms with Crippen molar-refractivity contribution < 1.29 is 8.42 Å². The third-order valence-corrected chi connectivity index (χ3v) is 5.26. The molecular weight excluding hydrogens is 268 g/mol. The maximum Gasteiger partial charge on any atom is 0.212 e. The maximum atomic E-state index is 12.1. The lowest BCUT2D eigenvalue weighted by Crippen LogP contribution is -2.45. The molecule has 1 aliphatic rings. The highest BCUT2D eigenvalue weighted by molar-refractivity contribution is 7.89.